The zero-order valence-electron chi connectivity index (χ0n) is 11.3. The van der Waals surface area contributed by atoms with Crippen molar-refractivity contribution in [3.63, 3.8) is 0 Å². The van der Waals surface area contributed by atoms with E-state index >= 15 is 0 Å². The van der Waals surface area contributed by atoms with Crippen molar-refractivity contribution in [1.82, 2.24) is 10.1 Å². The summed E-state index contributed by atoms with van der Waals surface area (Å²) < 4.78 is 18.9. The summed E-state index contributed by atoms with van der Waals surface area (Å²) in [5, 5.41) is 3.96. The molecule has 5 heteroatoms. The van der Waals surface area contributed by atoms with Crippen molar-refractivity contribution in [1.29, 1.82) is 0 Å². The number of nitrogens with zero attached hydrogens (tertiary/aromatic N) is 2. The second kappa shape index (κ2) is 5.71. The average Bonchev–Trinajstić information content (AvgIpc) is 2.90. The fourth-order valence-corrected chi connectivity index (χ4v) is 2.77. The molecule has 106 valence electrons. The highest BCUT2D eigenvalue weighted by atomic mass is 19.1. The third-order valence-corrected chi connectivity index (χ3v) is 3.85. The molecule has 0 spiro atoms. The summed E-state index contributed by atoms with van der Waals surface area (Å²) in [6, 6.07) is 6.87. The zero-order valence-corrected chi connectivity index (χ0v) is 11.3. The minimum atomic E-state index is -0.237. The monoisotopic (exact) mass is 275 g/mol. The molecule has 1 saturated carbocycles. The van der Waals surface area contributed by atoms with Gasteiger partial charge >= 0.3 is 0 Å². The summed E-state index contributed by atoms with van der Waals surface area (Å²) in [4.78, 5) is 4.40. The maximum absolute atomic E-state index is 13.6. The van der Waals surface area contributed by atoms with E-state index in [1.54, 1.807) is 18.2 Å². The third kappa shape index (κ3) is 2.88. The van der Waals surface area contributed by atoms with Crippen LogP contribution in [0.25, 0.3) is 0 Å². The zero-order chi connectivity index (χ0) is 13.9. The van der Waals surface area contributed by atoms with Crippen molar-refractivity contribution in [2.75, 3.05) is 0 Å². The molecular weight excluding hydrogens is 257 g/mol. The van der Waals surface area contributed by atoms with Gasteiger partial charge in [-0.05, 0) is 30.9 Å². The van der Waals surface area contributed by atoms with Crippen LogP contribution in [-0.2, 0) is 6.42 Å². The fourth-order valence-electron chi connectivity index (χ4n) is 2.77. The van der Waals surface area contributed by atoms with Gasteiger partial charge in [-0.1, -0.05) is 29.8 Å². The Labute approximate surface area is 117 Å². The van der Waals surface area contributed by atoms with Crippen LogP contribution in [0.2, 0.25) is 0 Å². The molecule has 1 heterocycles. The largest absolute Gasteiger partial charge is 0.339 e. The smallest absolute Gasteiger partial charge is 0.229 e. The Morgan fingerprint density at radius 1 is 1.30 bits per heavy atom. The minimum absolute atomic E-state index is 0.218. The Kier molecular flexibility index (Phi) is 3.78. The van der Waals surface area contributed by atoms with Gasteiger partial charge in [0.15, 0.2) is 5.82 Å². The van der Waals surface area contributed by atoms with E-state index < -0.39 is 0 Å². The molecule has 0 bridgehead atoms. The molecule has 1 aliphatic carbocycles. The summed E-state index contributed by atoms with van der Waals surface area (Å²) in [7, 11) is 0. The van der Waals surface area contributed by atoms with E-state index in [2.05, 4.69) is 10.1 Å². The van der Waals surface area contributed by atoms with Crippen LogP contribution in [0.3, 0.4) is 0 Å². The van der Waals surface area contributed by atoms with E-state index in [-0.39, 0.29) is 17.8 Å². The Morgan fingerprint density at radius 2 is 2.15 bits per heavy atom. The van der Waals surface area contributed by atoms with Gasteiger partial charge in [0.25, 0.3) is 0 Å². The number of aromatic nitrogens is 2. The molecule has 1 fully saturated rings. The molecule has 3 rings (SSSR count). The van der Waals surface area contributed by atoms with Crippen LogP contribution < -0.4 is 5.73 Å². The predicted octanol–water partition coefficient (Wildman–Crippen LogP) is 2.78. The molecule has 0 aliphatic heterocycles. The SMILES string of the molecule is NC1CCCC(c2nc(Cc3ccccc3F)no2)C1. The van der Waals surface area contributed by atoms with Crippen LogP contribution in [0.1, 0.15) is 48.9 Å². The third-order valence-electron chi connectivity index (χ3n) is 3.85. The number of hydrogen-bond donors (Lipinski definition) is 1. The lowest BCUT2D eigenvalue weighted by Crippen LogP contribution is -2.26. The Hall–Kier alpha value is -1.75. The number of nitrogens with two attached hydrogens (primary N) is 1. The van der Waals surface area contributed by atoms with Crippen molar-refractivity contribution in [2.45, 2.75) is 44.1 Å². The fraction of sp³-hybridized carbons (Fsp3) is 0.467. The molecule has 0 amide bonds. The Balaban J connectivity index is 1.72. The van der Waals surface area contributed by atoms with E-state index in [1.807, 2.05) is 0 Å². The summed E-state index contributed by atoms with van der Waals surface area (Å²) in [6.07, 6.45) is 4.44. The van der Waals surface area contributed by atoms with Gasteiger partial charge < -0.3 is 10.3 Å². The second-order valence-electron chi connectivity index (χ2n) is 5.44. The molecule has 1 aromatic carbocycles. The highest BCUT2D eigenvalue weighted by Crippen LogP contribution is 2.31. The Bertz CT molecular complexity index is 584. The van der Waals surface area contributed by atoms with Crippen LogP contribution in [0.4, 0.5) is 4.39 Å². The van der Waals surface area contributed by atoms with E-state index in [4.69, 9.17) is 10.3 Å². The van der Waals surface area contributed by atoms with Crippen molar-refractivity contribution >= 4 is 0 Å². The standard InChI is InChI=1S/C15H18FN3O/c16-13-7-2-1-4-10(13)9-14-18-15(20-19-14)11-5-3-6-12(17)8-11/h1-2,4,7,11-12H,3,5-6,8-9,17H2. The lowest BCUT2D eigenvalue weighted by Gasteiger charge is -2.23. The first kappa shape index (κ1) is 13.2. The van der Waals surface area contributed by atoms with Gasteiger partial charge in [-0.15, -0.1) is 0 Å². The van der Waals surface area contributed by atoms with E-state index in [9.17, 15) is 4.39 Å². The topological polar surface area (TPSA) is 64.9 Å². The van der Waals surface area contributed by atoms with Crippen LogP contribution in [0, 0.1) is 5.82 Å². The highest BCUT2D eigenvalue weighted by molar-refractivity contribution is 5.20. The molecule has 20 heavy (non-hydrogen) atoms. The number of rotatable bonds is 3. The summed E-state index contributed by atoms with van der Waals surface area (Å²) in [5.41, 5.74) is 6.56. The van der Waals surface area contributed by atoms with Crippen molar-refractivity contribution in [2.24, 2.45) is 5.73 Å². The van der Waals surface area contributed by atoms with Gasteiger partial charge in [0, 0.05) is 18.4 Å². The van der Waals surface area contributed by atoms with Crippen molar-refractivity contribution < 1.29 is 8.91 Å². The molecule has 2 atom stereocenters. The first-order valence-electron chi connectivity index (χ1n) is 7.04. The molecule has 2 aromatic rings. The Morgan fingerprint density at radius 3 is 2.95 bits per heavy atom. The van der Waals surface area contributed by atoms with Crippen molar-refractivity contribution in [3.05, 3.63) is 47.4 Å². The van der Waals surface area contributed by atoms with Crippen LogP contribution in [0.5, 0.6) is 0 Å². The van der Waals surface area contributed by atoms with Gasteiger partial charge in [0.2, 0.25) is 5.89 Å². The minimum Gasteiger partial charge on any atom is -0.339 e. The normalized spacial score (nSPS) is 22.9. The average molecular weight is 275 g/mol. The van der Waals surface area contributed by atoms with Crippen LogP contribution >= 0.6 is 0 Å². The number of hydrogen-bond acceptors (Lipinski definition) is 4. The molecule has 0 radical (unpaired) electrons. The van der Waals surface area contributed by atoms with Gasteiger partial charge in [-0.2, -0.15) is 4.98 Å². The lowest BCUT2D eigenvalue weighted by atomic mass is 9.86. The van der Waals surface area contributed by atoms with E-state index in [1.165, 1.54) is 6.07 Å². The predicted molar refractivity (Wildman–Crippen MR) is 72.7 cm³/mol. The van der Waals surface area contributed by atoms with Crippen LogP contribution in [0.15, 0.2) is 28.8 Å². The number of benzene rings is 1. The molecule has 2 unspecified atom stereocenters. The lowest BCUT2D eigenvalue weighted by molar-refractivity contribution is 0.297. The second-order valence-corrected chi connectivity index (χ2v) is 5.44. The number of halogens is 1. The molecule has 1 aromatic heterocycles. The highest BCUT2D eigenvalue weighted by Gasteiger charge is 2.25. The molecule has 4 nitrogen and oxygen atoms in total. The molecular formula is C15H18FN3O. The molecule has 0 saturated heterocycles. The summed E-state index contributed by atoms with van der Waals surface area (Å²) in [6.45, 7) is 0. The van der Waals surface area contributed by atoms with Gasteiger partial charge in [-0.25, -0.2) is 4.39 Å². The quantitative estimate of drug-likeness (QED) is 0.935. The first-order valence-corrected chi connectivity index (χ1v) is 7.04. The van der Waals surface area contributed by atoms with E-state index in [0.29, 0.717) is 23.7 Å². The maximum Gasteiger partial charge on any atom is 0.229 e. The van der Waals surface area contributed by atoms with Crippen molar-refractivity contribution in [3.8, 4) is 0 Å². The summed E-state index contributed by atoms with van der Waals surface area (Å²) in [5.74, 6) is 1.19. The first-order chi connectivity index (χ1) is 9.72. The van der Waals surface area contributed by atoms with Gasteiger partial charge in [-0.3, -0.25) is 0 Å². The van der Waals surface area contributed by atoms with Gasteiger partial charge in [0.05, 0.1) is 0 Å². The van der Waals surface area contributed by atoms with E-state index in [0.717, 1.165) is 25.7 Å². The maximum atomic E-state index is 13.6. The summed E-state index contributed by atoms with van der Waals surface area (Å²) >= 11 is 0. The van der Waals surface area contributed by atoms with Gasteiger partial charge in [0.1, 0.15) is 5.82 Å². The molecule has 2 N–H and O–H groups in total. The molecule has 1 aliphatic rings. The van der Waals surface area contributed by atoms with Crippen LogP contribution in [-0.4, -0.2) is 16.2 Å².